The van der Waals surface area contributed by atoms with E-state index in [9.17, 15) is 8.42 Å². The Morgan fingerprint density at radius 1 is 1.16 bits per heavy atom. The highest BCUT2D eigenvalue weighted by Gasteiger charge is 2.32. The summed E-state index contributed by atoms with van der Waals surface area (Å²) in [7, 11) is -2.93. The van der Waals surface area contributed by atoms with Gasteiger partial charge in [-0.25, -0.2) is 8.42 Å². The van der Waals surface area contributed by atoms with Gasteiger partial charge in [0.25, 0.3) is 0 Å². The van der Waals surface area contributed by atoms with Gasteiger partial charge in [-0.15, -0.1) is 0 Å². The van der Waals surface area contributed by atoms with Gasteiger partial charge in [-0.1, -0.05) is 19.3 Å². The molecule has 2 saturated carbocycles. The summed E-state index contributed by atoms with van der Waals surface area (Å²) in [5.41, 5.74) is 6.18. The normalized spacial score (nSPS) is 32.1. The molecule has 0 spiro atoms. The molecule has 2 rings (SSSR count). The second-order valence-electron chi connectivity index (χ2n) is 6.47. The Balaban J connectivity index is 1.82. The molecule has 0 heterocycles. The maximum Gasteiger partial charge on any atom is 0.150 e. The molecule has 0 aromatic heterocycles. The number of hydrogen-bond donors (Lipinski definition) is 1. The Morgan fingerprint density at radius 3 is 2.47 bits per heavy atom. The van der Waals surface area contributed by atoms with E-state index >= 15 is 0 Å². The van der Waals surface area contributed by atoms with E-state index in [0.29, 0.717) is 13.0 Å². The van der Waals surface area contributed by atoms with E-state index < -0.39 is 9.84 Å². The van der Waals surface area contributed by atoms with Gasteiger partial charge < -0.3 is 10.5 Å². The second kappa shape index (κ2) is 6.10. The van der Waals surface area contributed by atoms with Crippen molar-refractivity contribution in [1.82, 2.24) is 0 Å². The zero-order valence-electron chi connectivity index (χ0n) is 11.9. The van der Waals surface area contributed by atoms with Gasteiger partial charge in [0, 0.05) is 11.8 Å². The minimum absolute atomic E-state index is 0.0795. The predicted molar refractivity (Wildman–Crippen MR) is 76.8 cm³/mol. The Morgan fingerprint density at radius 2 is 1.84 bits per heavy atom. The smallest absolute Gasteiger partial charge is 0.150 e. The molecular formula is C14H27NO3S. The average molecular weight is 289 g/mol. The van der Waals surface area contributed by atoms with Crippen molar-refractivity contribution in [3.8, 4) is 0 Å². The first-order valence-corrected chi connectivity index (χ1v) is 9.44. The summed E-state index contributed by atoms with van der Waals surface area (Å²) in [6.45, 7) is 0.591. The number of sulfone groups is 1. The zero-order chi connectivity index (χ0) is 13.9. The summed E-state index contributed by atoms with van der Waals surface area (Å²) >= 11 is 0. The fourth-order valence-corrected chi connectivity index (χ4v) is 4.49. The van der Waals surface area contributed by atoms with Crippen LogP contribution in [0.2, 0.25) is 0 Å². The van der Waals surface area contributed by atoms with Crippen molar-refractivity contribution in [1.29, 1.82) is 0 Å². The summed E-state index contributed by atoms with van der Waals surface area (Å²) in [4.78, 5) is 0. The van der Waals surface area contributed by atoms with E-state index in [1.165, 1.54) is 25.5 Å². The maximum atomic E-state index is 11.6. The van der Waals surface area contributed by atoms with Crippen molar-refractivity contribution in [2.75, 3.05) is 12.9 Å². The molecule has 112 valence electrons. The molecule has 0 aromatic carbocycles. The number of rotatable bonds is 4. The lowest BCUT2D eigenvalue weighted by molar-refractivity contribution is -0.00759. The molecule has 5 heteroatoms. The average Bonchev–Trinajstić information content (AvgIpc) is 2.37. The molecule has 0 aliphatic heterocycles. The summed E-state index contributed by atoms with van der Waals surface area (Å²) in [6.07, 6.45) is 10.5. The molecular weight excluding hydrogens is 262 g/mol. The van der Waals surface area contributed by atoms with Crippen LogP contribution in [0.1, 0.15) is 57.8 Å². The molecule has 2 atom stereocenters. The lowest BCUT2D eigenvalue weighted by Crippen LogP contribution is -2.47. The summed E-state index contributed by atoms with van der Waals surface area (Å²) in [5, 5.41) is -0.216. The molecule has 2 fully saturated rings. The van der Waals surface area contributed by atoms with E-state index in [1.54, 1.807) is 0 Å². The first kappa shape index (κ1) is 15.3. The van der Waals surface area contributed by atoms with Crippen LogP contribution in [-0.4, -0.2) is 38.2 Å². The highest BCUT2D eigenvalue weighted by atomic mass is 32.2. The Hall–Kier alpha value is -0.130. The molecule has 0 bridgehead atoms. The molecule has 0 aromatic rings. The molecule has 0 amide bonds. The van der Waals surface area contributed by atoms with Gasteiger partial charge in [0.1, 0.15) is 9.84 Å². The van der Waals surface area contributed by atoms with Crippen LogP contribution >= 0.6 is 0 Å². The Kier molecular flexibility index (Phi) is 4.90. The Bertz CT molecular complexity index is 387. The summed E-state index contributed by atoms with van der Waals surface area (Å²) in [5.74, 6) is 0. The SMILES string of the molecule is CS(=O)(=O)C1CCCC(OCC2(N)CCCCC2)C1. The topological polar surface area (TPSA) is 69.4 Å². The van der Waals surface area contributed by atoms with E-state index in [2.05, 4.69) is 0 Å². The standard InChI is InChI=1S/C14H27NO3S/c1-19(16,17)13-7-5-6-12(10-13)18-11-14(15)8-3-2-4-9-14/h12-13H,2-11,15H2,1H3. The third-order valence-electron chi connectivity index (χ3n) is 4.64. The van der Waals surface area contributed by atoms with Gasteiger partial charge in [0.15, 0.2) is 0 Å². The van der Waals surface area contributed by atoms with Crippen molar-refractivity contribution < 1.29 is 13.2 Å². The molecule has 2 aliphatic rings. The quantitative estimate of drug-likeness (QED) is 0.859. The third kappa shape index (κ3) is 4.43. The van der Waals surface area contributed by atoms with Crippen molar-refractivity contribution in [3.63, 3.8) is 0 Å². The molecule has 0 radical (unpaired) electrons. The van der Waals surface area contributed by atoms with Crippen LogP contribution in [0.5, 0.6) is 0 Å². The first-order chi connectivity index (χ1) is 8.89. The van der Waals surface area contributed by atoms with Crippen molar-refractivity contribution in [2.45, 2.75) is 74.7 Å². The number of hydrogen-bond acceptors (Lipinski definition) is 4. The fraction of sp³-hybridized carbons (Fsp3) is 1.00. The van der Waals surface area contributed by atoms with Crippen LogP contribution < -0.4 is 5.73 Å². The van der Waals surface area contributed by atoms with Crippen LogP contribution in [0.25, 0.3) is 0 Å². The number of nitrogens with two attached hydrogens (primary N) is 1. The van der Waals surface area contributed by atoms with Crippen LogP contribution in [0.15, 0.2) is 0 Å². The van der Waals surface area contributed by atoms with Gasteiger partial charge in [0.05, 0.1) is 18.0 Å². The zero-order valence-corrected chi connectivity index (χ0v) is 12.8. The van der Waals surface area contributed by atoms with Crippen molar-refractivity contribution in [3.05, 3.63) is 0 Å². The number of ether oxygens (including phenoxy) is 1. The summed E-state index contributed by atoms with van der Waals surface area (Å²) < 4.78 is 29.2. The molecule has 2 unspecified atom stereocenters. The van der Waals surface area contributed by atoms with Crippen LogP contribution in [0.4, 0.5) is 0 Å². The van der Waals surface area contributed by atoms with Gasteiger partial charge >= 0.3 is 0 Å². The molecule has 0 saturated heterocycles. The van der Waals surface area contributed by atoms with E-state index in [1.807, 2.05) is 0 Å². The highest BCUT2D eigenvalue weighted by molar-refractivity contribution is 7.91. The van der Waals surface area contributed by atoms with Crippen LogP contribution in [0.3, 0.4) is 0 Å². The van der Waals surface area contributed by atoms with E-state index in [0.717, 1.165) is 32.1 Å². The summed E-state index contributed by atoms with van der Waals surface area (Å²) in [6, 6.07) is 0. The minimum Gasteiger partial charge on any atom is -0.376 e. The minimum atomic E-state index is -2.93. The Labute approximate surface area is 117 Å². The molecule has 4 nitrogen and oxygen atoms in total. The van der Waals surface area contributed by atoms with E-state index in [-0.39, 0.29) is 16.9 Å². The van der Waals surface area contributed by atoms with Gasteiger partial charge in [-0.05, 0) is 38.5 Å². The fourth-order valence-electron chi connectivity index (χ4n) is 3.33. The predicted octanol–water partition coefficient (Wildman–Crippen LogP) is 2.02. The van der Waals surface area contributed by atoms with Crippen LogP contribution in [0, 0.1) is 0 Å². The first-order valence-electron chi connectivity index (χ1n) is 7.48. The monoisotopic (exact) mass is 289 g/mol. The van der Waals surface area contributed by atoms with Crippen molar-refractivity contribution in [2.24, 2.45) is 5.73 Å². The lowest BCUT2D eigenvalue weighted by Gasteiger charge is -2.36. The maximum absolute atomic E-state index is 11.6. The van der Waals surface area contributed by atoms with E-state index in [4.69, 9.17) is 10.5 Å². The second-order valence-corrected chi connectivity index (χ2v) is 8.80. The molecule has 2 N–H and O–H groups in total. The van der Waals surface area contributed by atoms with Gasteiger partial charge in [0.2, 0.25) is 0 Å². The largest absolute Gasteiger partial charge is 0.376 e. The third-order valence-corrected chi connectivity index (χ3v) is 6.28. The van der Waals surface area contributed by atoms with Gasteiger partial charge in [-0.3, -0.25) is 0 Å². The van der Waals surface area contributed by atoms with Gasteiger partial charge in [-0.2, -0.15) is 0 Å². The molecule has 2 aliphatic carbocycles. The van der Waals surface area contributed by atoms with Crippen LogP contribution in [-0.2, 0) is 14.6 Å². The van der Waals surface area contributed by atoms with Crippen molar-refractivity contribution >= 4 is 9.84 Å². The lowest BCUT2D eigenvalue weighted by atomic mass is 9.83. The highest BCUT2D eigenvalue weighted by Crippen LogP contribution is 2.30. The molecule has 19 heavy (non-hydrogen) atoms.